The smallest absolute Gasteiger partial charge is 0.231 e. The van der Waals surface area contributed by atoms with E-state index in [4.69, 9.17) is 5.73 Å². The van der Waals surface area contributed by atoms with Crippen LogP contribution in [0.2, 0.25) is 0 Å². The maximum atomic E-state index is 11.9. The minimum absolute atomic E-state index is 0.179. The molecule has 1 aliphatic rings. The third-order valence-corrected chi connectivity index (χ3v) is 4.48. The number of carbonyl (C=O) groups excluding carboxylic acids is 2. The van der Waals surface area contributed by atoms with Gasteiger partial charge in [0.2, 0.25) is 11.8 Å². The third kappa shape index (κ3) is 4.31. The summed E-state index contributed by atoms with van der Waals surface area (Å²) in [6.07, 6.45) is 1.65. The standard InChI is InChI=1S/C17H25N3O2/c1-13-10-15(19(2)17(22)11-16(18)21)8-9-20(13)12-14-6-4-3-5-7-14/h3-7,13,15H,8-12H2,1-2H3,(H2,18,21). The first kappa shape index (κ1) is 16.5. The Bertz CT molecular complexity index is 518. The van der Waals surface area contributed by atoms with Crippen LogP contribution in [0.3, 0.4) is 0 Å². The van der Waals surface area contributed by atoms with Crippen LogP contribution < -0.4 is 5.73 Å². The van der Waals surface area contributed by atoms with Gasteiger partial charge >= 0.3 is 0 Å². The molecule has 1 heterocycles. The van der Waals surface area contributed by atoms with Gasteiger partial charge in [-0.2, -0.15) is 0 Å². The van der Waals surface area contributed by atoms with E-state index >= 15 is 0 Å². The largest absolute Gasteiger partial charge is 0.369 e. The molecule has 0 saturated carbocycles. The van der Waals surface area contributed by atoms with Gasteiger partial charge in [0.1, 0.15) is 6.42 Å². The van der Waals surface area contributed by atoms with Crippen molar-refractivity contribution < 1.29 is 9.59 Å². The molecule has 2 amide bonds. The van der Waals surface area contributed by atoms with E-state index in [1.54, 1.807) is 11.9 Å². The van der Waals surface area contributed by atoms with Crippen molar-refractivity contribution in [1.82, 2.24) is 9.80 Å². The average Bonchev–Trinajstić information content (AvgIpc) is 2.49. The molecule has 1 aromatic rings. The van der Waals surface area contributed by atoms with Gasteiger partial charge in [0.05, 0.1) is 0 Å². The molecule has 1 saturated heterocycles. The van der Waals surface area contributed by atoms with E-state index in [1.165, 1.54) is 5.56 Å². The molecule has 1 aliphatic heterocycles. The van der Waals surface area contributed by atoms with Crippen molar-refractivity contribution in [3.05, 3.63) is 35.9 Å². The first-order chi connectivity index (χ1) is 10.5. The molecule has 1 aromatic carbocycles. The second kappa shape index (κ2) is 7.40. The average molecular weight is 303 g/mol. The summed E-state index contributed by atoms with van der Waals surface area (Å²) in [6, 6.07) is 11.0. The minimum Gasteiger partial charge on any atom is -0.369 e. The normalized spacial score (nSPS) is 22.3. The van der Waals surface area contributed by atoms with E-state index in [2.05, 4.69) is 36.1 Å². The van der Waals surface area contributed by atoms with Gasteiger partial charge in [-0.25, -0.2) is 0 Å². The van der Waals surface area contributed by atoms with Gasteiger partial charge < -0.3 is 10.6 Å². The molecule has 5 heteroatoms. The molecule has 0 spiro atoms. The van der Waals surface area contributed by atoms with Crippen LogP contribution in [0.15, 0.2) is 30.3 Å². The molecule has 22 heavy (non-hydrogen) atoms. The molecule has 1 fully saturated rings. The quantitative estimate of drug-likeness (QED) is 0.836. The molecule has 2 atom stereocenters. The number of rotatable bonds is 5. The Morgan fingerprint density at radius 1 is 1.32 bits per heavy atom. The van der Waals surface area contributed by atoms with Crippen LogP contribution in [0.1, 0.15) is 31.7 Å². The Morgan fingerprint density at radius 3 is 2.59 bits per heavy atom. The van der Waals surface area contributed by atoms with Crippen molar-refractivity contribution in [3.8, 4) is 0 Å². The van der Waals surface area contributed by atoms with E-state index in [0.717, 1.165) is 25.9 Å². The molecule has 0 radical (unpaired) electrons. The minimum atomic E-state index is -0.564. The number of amides is 2. The number of carbonyl (C=O) groups is 2. The molecule has 0 aliphatic carbocycles. The molecule has 5 nitrogen and oxygen atoms in total. The Hall–Kier alpha value is -1.88. The number of nitrogens with zero attached hydrogens (tertiary/aromatic N) is 2. The van der Waals surface area contributed by atoms with E-state index in [-0.39, 0.29) is 18.4 Å². The maximum absolute atomic E-state index is 11.9. The van der Waals surface area contributed by atoms with Crippen molar-refractivity contribution >= 4 is 11.8 Å². The molecule has 120 valence electrons. The summed E-state index contributed by atoms with van der Waals surface area (Å²) < 4.78 is 0. The topological polar surface area (TPSA) is 66.6 Å². The molecular formula is C17H25N3O2. The number of piperidine rings is 1. The zero-order valence-electron chi connectivity index (χ0n) is 13.4. The van der Waals surface area contributed by atoms with Gasteiger partial charge in [0, 0.05) is 32.2 Å². The first-order valence-electron chi connectivity index (χ1n) is 7.79. The zero-order chi connectivity index (χ0) is 16.1. The highest BCUT2D eigenvalue weighted by Gasteiger charge is 2.30. The predicted octanol–water partition coefficient (Wildman–Crippen LogP) is 1.37. The lowest BCUT2D eigenvalue weighted by molar-refractivity contribution is -0.136. The highest BCUT2D eigenvalue weighted by Crippen LogP contribution is 2.23. The van der Waals surface area contributed by atoms with Crippen LogP contribution in [-0.2, 0) is 16.1 Å². The van der Waals surface area contributed by atoms with E-state index in [0.29, 0.717) is 6.04 Å². The van der Waals surface area contributed by atoms with Crippen LogP contribution in [0.25, 0.3) is 0 Å². The summed E-state index contributed by atoms with van der Waals surface area (Å²) in [5.41, 5.74) is 6.41. The number of likely N-dealkylation sites (tertiary alicyclic amines) is 1. The molecule has 2 rings (SSSR count). The SMILES string of the molecule is CC1CC(N(C)C(=O)CC(N)=O)CCN1Cc1ccccc1. The van der Waals surface area contributed by atoms with Crippen LogP contribution in [-0.4, -0.2) is 47.3 Å². The Morgan fingerprint density at radius 2 is 2.00 bits per heavy atom. The van der Waals surface area contributed by atoms with Crippen LogP contribution in [0.4, 0.5) is 0 Å². The van der Waals surface area contributed by atoms with Gasteiger partial charge in [0.25, 0.3) is 0 Å². The molecule has 2 unspecified atom stereocenters. The Balaban J connectivity index is 1.89. The molecule has 0 aromatic heterocycles. The van der Waals surface area contributed by atoms with Crippen molar-refractivity contribution in [1.29, 1.82) is 0 Å². The van der Waals surface area contributed by atoms with Crippen LogP contribution in [0.5, 0.6) is 0 Å². The van der Waals surface area contributed by atoms with Gasteiger partial charge in [0.15, 0.2) is 0 Å². The first-order valence-corrected chi connectivity index (χ1v) is 7.79. The van der Waals surface area contributed by atoms with Crippen molar-refractivity contribution in [3.63, 3.8) is 0 Å². The number of nitrogens with two attached hydrogens (primary N) is 1. The van der Waals surface area contributed by atoms with Gasteiger partial charge in [-0.15, -0.1) is 0 Å². The summed E-state index contributed by atoms with van der Waals surface area (Å²) in [4.78, 5) is 27.0. The lowest BCUT2D eigenvalue weighted by Crippen LogP contribution is -2.49. The highest BCUT2D eigenvalue weighted by molar-refractivity contribution is 5.96. The van der Waals surface area contributed by atoms with E-state index < -0.39 is 5.91 Å². The second-order valence-corrected chi connectivity index (χ2v) is 6.13. The van der Waals surface area contributed by atoms with Gasteiger partial charge in [-0.1, -0.05) is 30.3 Å². The highest BCUT2D eigenvalue weighted by atomic mass is 16.2. The van der Waals surface area contributed by atoms with Gasteiger partial charge in [-0.05, 0) is 25.3 Å². The fourth-order valence-electron chi connectivity index (χ4n) is 3.08. The van der Waals surface area contributed by atoms with Crippen LogP contribution >= 0.6 is 0 Å². The monoisotopic (exact) mass is 303 g/mol. The van der Waals surface area contributed by atoms with Crippen molar-refractivity contribution in [2.45, 2.75) is 44.8 Å². The van der Waals surface area contributed by atoms with Crippen LogP contribution in [0, 0.1) is 0 Å². The summed E-state index contributed by atoms with van der Waals surface area (Å²) in [6.45, 7) is 4.09. The fraction of sp³-hybridized carbons (Fsp3) is 0.529. The van der Waals surface area contributed by atoms with Gasteiger partial charge in [-0.3, -0.25) is 14.5 Å². The number of hydrogen-bond donors (Lipinski definition) is 1. The van der Waals surface area contributed by atoms with E-state index in [9.17, 15) is 9.59 Å². The molecule has 2 N–H and O–H groups in total. The summed E-state index contributed by atoms with van der Waals surface area (Å²) in [5, 5.41) is 0. The Labute approximate surface area is 132 Å². The fourth-order valence-corrected chi connectivity index (χ4v) is 3.08. The van der Waals surface area contributed by atoms with E-state index in [1.807, 2.05) is 6.07 Å². The lowest BCUT2D eigenvalue weighted by atomic mass is 9.96. The second-order valence-electron chi connectivity index (χ2n) is 6.13. The maximum Gasteiger partial charge on any atom is 0.231 e. The Kier molecular flexibility index (Phi) is 5.55. The molecule has 0 bridgehead atoms. The van der Waals surface area contributed by atoms with Crippen molar-refractivity contribution in [2.75, 3.05) is 13.6 Å². The summed E-state index contributed by atoms with van der Waals surface area (Å²) >= 11 is 0. The predicted molar refractivity (Wildman–Crippen MR) is 85.9 cm³/mol. The summed E-state index contributed by atoms with van der Waals surface area (Å²) in [5.74, 6) is -0.743. The number of primary amides is 1. The number of hydrogen-bond acceptors (Lipinski definition) is 3. The summed E-state index contributed by atoms with van der Waals surface area (Å²) in [7, 11) is 1.77. The number of benzene rings is 1. The lowest BCUT2D eigenvalue weighted by Gasteiger charge is -2.41. The van der Waals surface area contributed by atoms with Crippen molar-refractivity contribution in [2.24, 2.45) is 5.73 Å². The molecular weight excluding hydrogens is 278 g/mol. The zero-order valence-corrected chi connectivity index (χ0v) is 13.4. The third-order valence-electron chi connectivity index (χ3n) is 4.48.